The number of carbonyl (C=O) groups is 1. The fourth-order valence-electron chi connectivity index (χ4n) is 2.09. The zero-order valence-electron chi connectivity index (χ0n) is 11.8. The largest absolute Gasteiger partial charge is 0.497 e. The van der Waals surface area contributed by atoms with Gasteiger partial charge in [0.05, 0.1) is 12.7 Å². The van der Waals surface area contributed by atoms with E-state index in [0.717, 1.165) is 21.5 Å². The number of thiophene rings is 1. The average molecular weight is 311 g/mol. The van der Waals surface area contributed by atoms with Crippen LogP contribution in [0.4, 0.5) is 0 Å². The Morgan fingerprint density at radius 3 is 2.73 bits per heavy atom. The Kier molecular flexibility index (Phi) is 3.89. The van der Waals surface area contributed by atoms with Crippen molar-refractivity contribution in [3.63, 3.8) is 0 Å². The second-order valence-corrected chi connectivity index (χ2v) is 5.60. The molecule has 0 aliphatic carbocycles. The fraction of sp³-hybridized carbons (Fsp3) is 0.0588. The summed E-state index contributed by atoms with van der Waals surface area (Å²) >= 11 is 1.44. The first-order chi connectivity index (χ1) is 10.7. The number of benzene rings is 1. The van der Waals surface area contributed by atoms with Crippen LogP contribution in [0.1, 0.15) is 15.9 Å². The van der Waals surface area contributed by atoms with Crippen LogP contribution in [0.25, 0.3) is 16.3 Å². The van der Waals surface area contributed by atoms with Gasteiger partial charge in [-0.05, 0) is 41.3 Å². The van der Waals surface area contributed by atoms with Crippen LogP contribution in [-0.4, -0.2) is 17.9 Å². The molecule has 0 radical (unpaired) electrons. The summed E-state index contributed by atoms with van der Waals surface area (Å²) < 4.78 is 5.08. The maximum Gasteiger partial charge on any atom is 0.260 e. The minimum Gasteiger partial charge on any atom is -0.497 e. The molecule has 1 aromatic carbocycles. The molecule has 0 amide bonds. The third kappa shape index (κ3) is 2.84. The Hall–Kier alpha value is -2.66. The molecule has 0 aliphatic heterocycles. The number of rotatable bonds is 4. The summed E-state index contributed by atoms with van der Waals surface area (Å²) in [4.78, 5) is 27.6. The lowest BCUT2D eigenvalue weighted by molar-refractivity contribution is 0.104. The minimum atomic E-state index is -0.362. The van der Waals surface area contributed by atoms with Gasteiger partial charge in [0.25, 0.3) is 5.56 Å². The number of allylic oxidation sites excluding steroid dienone is 1. The second kappa shape index (κ2) is 5.99. The molecular weight excluding hydrogens is 298 g/mol. The molecule has 2 heterocycles. The van der Waals surface area contributed by atoms with Crippen molar-refractivity contribution in [2.24, 2.45) is 0 Å². The van der Waals surface area contributed by atoms with Gasteiger partial charge in [-0.3, -0.25) is 9.59 Å². The lowest BCUT2D eigenvalue weighted by atomic mass is 10.1. The van der Waals surface area contributed by atoms with Gasteiger partial charge >= 0.3 is 0 Å². The molecule has 4 nitrogen and oxygen atoms in total. The highest BCUT2D eigenvalue weighted by Gasteiger charge is 2.09. The zero-order chi connectivity index (χ0) is 15.5. The molecule has 0 atom stereocenters. The molecule has 110 valence electrons. The highest BCUT2D eigenvalue weighted by molar-refractivity contribution is 7.16. The quantitative estimate of drug-likeness (QED) is 0.592. The monoisotopic (exact) mass is 311 g/mol. The van der Waals surface area contributed by atoms with Gasteiger partial charge in [0.1, 0.15) is 10.6 Å². The summed E-state index contributed by atoms with van der Waals surface area (Å²) in [6, 6.07) is 10.8. The number of fused-ring (bicyclic) bond motifs is 1. The smallest absolute Gasteiger partial charge is 0.260 e. The normalized spacial score (nSPS) is 11.1. The topological polar surface area (TPSA) is 59.2 Å². The highest BCUT2D eigenvalue weighted by atomic mass is 32.1. The van der Waals surface area contributed by atoms with Crippen LogP contribution in [0.2, 0.25) is 0 Å². The van der Waals surface area contributed by atoms with Crippen molar-refractivity contribution in [2.75, 3.05) is 7.11 Å². The van der Waals surface area contributed by atoms with Crippen molar-refractivity contribution in [3.05, 3.63) is 69.3 Å². The summed E-state index contributed by atoms with van der Waals surface area (Å²) in [7, 11) is 1.60. The van der Waals surface area contributed by atoms with Gasteiger partial charge in [0.15, 0.2) is 5.78 Å². The van der Waals surface area contributed by atoms with Crippen LogP contribution < -0.4 is 10.3 Å². The van der Waals surface area contributed by atoms with E-state index in [-0.39, 0.29) is 16.9 Å². The Labute approximate surface area is 130 Å². The summed E-state index contributed by atoms with van der Waals surface area (Å²) in [5.74, 6) is 0.438. The first-order valence-corrected chi connectivity index (χ1v) is 7.52. The number of ether oxygens (including phenoxy) is 1. The molecule has 0 fully saturated rings. The molecule has 22 heavy (non-hydrogen) atoms. The van der Waals surface area contributed by atoms with E-state index in [0.29, 0.717) is 0 Å². The molecule has 0 spiro atoms. The van der Waals surface area contributed by atoms with Crippen LogP contribution in [0.15, 0.2) is 52.6 Å². The van der Waals surface area contributed by atoms with Crippen LogP contribution >= 0.6 is 11.3 Å². The van der Waals surface area contributed by atoms with E-state index in [2.05, 4.69) is 4.98 Å². The lowest BCUT2D eigenvalue weighted by Gasteiger charge is -1.99. The van der Waals surface area contributed by atoms with Crippen molar-refractivity contribution in [2.45, 2.75) is 0 Å². The highest BCUT2D eigenvalue weighted by Crippen LogP contribution is 2.18. The van der Waals surface area contributed by atoms with E-state index in [9.17, 15) is 9.59 Å². The molecule has 0 saturated heterocycles. The number of nitrogens with one attached hydrogen (secondary N) is 1. The molecule has 1 N–H and O–H groups in total. The SMILES string of the molecule is COc1ccc(C=CC(=O)c2cc3ccsc3[nH]c2=O)cc1. The molecule has 2 aromatic heterocycles. The van der Waals surface area contributed by atoms with E-state index in [1.165, 1.54) is 17.4 Å². The predicted molar refractivity (Wildman–Crippen MR) is 88.8 cm³/mol. The number of methoxy groups -OCH3 is 1. The second-order valence-electron chi connectivity index (χ2n) is 4.69. The van der Waals surface area contributed by atoms with E-state index < -0.39 is 0 Å². The third-order valence-corrected chi connectivity index (χ3v) is 4.12. The van der Waals surface area contributed by atoms with Gasteiger partial charge in [-0.25, -0.2) is 0 Å². The van der Waals surface area contributed by atoms with E-state index in [4.69, 9.17) is 4.74 Å². The van der Waals surface area contributed by atoms with Crippen LogP contribution in [0.3, 0.4) is 0 Å². The number of pyridine rings is 1. The van der Waals surface area contributed by atoms with Crippen LogP contribution in [-0.2, 0) is 0 Å². The molecule has 0 saturated carbocycles. The van der Waals surface area contributed by atoms with Crippen LogP contribution in [0, 0.1) is 0 Å². The Bertz CT molecular complexity index is 904. The maximum absolute atomic E-state index is 12.2. The molecule has 3 rings (SSSR count). The van der Waals surface area contributed by atoms with Gasteiger partial charge in [0, 0.05) is 5.39 Å². The van der Waals surface area contributed by atoms with Gasteiger partial charge in [-0.2, -0.15) is 0 Å². The first kappa shape index (κ1) is 14.3. The standard InChI is InChI=1S/C17H13NO3S/c1-21-13-5-2-11(3-6-13)4-7-15(19)14-10-12-8-9-22-17(12)18-16(14)20/h2-10H,1H3,(H,18,20). The van der Waals surface area contributed by atoms with E-state index in [1.807, 2.05) is 35.7 Å². The number of H-pyrrole nitrogens is 1. The summed E-state index contributed by atoms with van der Waals surface area (Å²) in [6.07, 6.45) is 3.09. The number of hydrogen-bond donors (Lipinski definition) is 1. The van der Waals surface area contributed by atoms with Gasteiger partial charge in [0.2, 0.25) is 0 Å². The summed E-state index contributed by atoms with van der Waals surface area (Å²) in [6.45, 7) is 0. The average Bonchev–Trinajstić information content (AvgIpc) is 2.99. The number of hydrogen-bond acceptors (Lipinski definition) is 4. The van der Waals surface area contributed by atoms with Crippen molar-refractivity contribution >= 4 is 33.4 Å². The number of aromatic amines is 1. The Balaban J connectivity index is 1.87. The van der Waals surface area contributed by atoms with Crippen molar-refractivity contribution in [1.82, 2.24) is 4.98 Å². The number of ketones is 1. The molecule has 0 unspecified atom stereocenters. The van der Waals surface area contributed by atoms with Gasteiger partial charge in [-0.15, -0.1) is 11.3 Å². The van der Waals surface area contributed by atoms with E-state index in [1.54, 1.807) is 19.3 Å². The summed E-state index contributed by atoms with van der Waals surface area (Å²) in [5, 5.41) is 2.74. The number of carbonyl (C=O) groups excluding carboxylic acids is 1. The Morgan fingerprint density at radius 2 is 2.00 bits per heavy atom. The molecule has 0 aliphatic rings. The third-order valence-electron chi connectivity index (χ3n) is 3.28. The number of aromatic nitrogens is 1. The predicted octanol–water partition coefficient (Wildman–Crippen LogP) is 3.49. The van der Waals surface area contributed by atoms with Crippen molar-refractivity contribution in [3.8, 4) is 5.75 Å². The molecule has 5 heteroatoms. The molecular formula is C17H13NO3S. The Morgan fingerprint density at radius 1 is 1.23 bits per heavy atom. The maximum atomic E-state index is 12.2. The minimum absolute atomic E-state index is 0.149. The fourth-order valence-corrected chi connectivity index (χ4v) is 2.85. The lowest BCUT2D eigenvalue weighted by Crippen LogP contribution is -2.15. The zero-order valence-corrected chi connectivity index (χ0v) is 12.6. The first-order valence-electron chi connectivity index (χ1n) is 6.64. The molecule has 0 bridgehead atoms. The van der Waals surface area contributed by atoms with Gasteiger partial charge < -0.3 is 9.72 Å². The summed E-state index contributed by atoms with van der Waals surface area (Å²) in [5.41, 5.74) is 0.650. The van der Waals surface area contributed by atoms with Gasteiger partial charge in [-0.1, -0.05) is 18.2 Å². The van der Waals surface area contributed by atoms with E-state index >= 15 is 0 Å². The molecule has 3 aromatic rings. The van der Waals surface area contributed by atoms with Crippen LogP contribution in [0.5, 0.6) is 5.75 Å². The van der Waals surface area contributed by atoms with Crippen molar-refractivity contribution < 1.29 is 9.53 Å². The van der Waals surface area contributed by atoms with Crippen molar-refractivity contribution in [1.29, 1.82) is 0 Å².